The molecule has 3 heterocycles. The maximum absolute atomic E-state index is 14.5. The average molecular weight is 450 g/mol. The Balaban J connectivity index is 1.36. The summed E-state index contributed by atoms with van der Waals surface area (Å²) >= 11 is 0. The molecule has 1 aromatic carbocycles. The second kappa shape index (κ2) is 8.90. The van der Waals surface area contributed by atoms with E-state index in [1.54, 1.807) is 24.0 Å². The molecule has 2 aliphatic rings. The van der Waals surface area contributed by atoms with Crippen molar-refractivity contribution in [1.29, 1.82) is 0 Å². The number of piperidine rings is 1. The van der Waals surface area contributed by atoms with Gasteiger partial charge in [0, 0.05) is 30.0 Å². The topological polar surface area (TPSA) is 88.0 Å². The number of aryl methyl sites for hydroxylation is 1. The molecule has 1 saturated heterocycles. The Morgan fingerprint density at radius 2 is 1.88 bits per heavy atom. The van der Waals surface area contributed by atoms with Gasteiger partial charge < -0.3 is 15.5 Å². The van der Waals surface area contributed by atoms with Crippen molar-refractivity contribution >= 4 is 11.6 Å². The van der Waals surface area contributed by atoms with Crippen LogP contribution in [0.25, 0.3) is 16.9 Å². The van der Waals surface area contributed by atoms with Gasteiger partial charge in [-0.1, -0.05) is 5.21 Å². The van der Waals surface area contributed by atoms with E-state index in [1.807, 2.05) is 12.3 Å². The van der Waals surface area contributed by atoms with Gasteiger partial charge in [-0.2, -0.15) is 0 Å². The first-order chi connectivity index (χ1) is 16.0. The van der Waals surface area contributed by atoms with Crippen molar-refractivity contribution in [3.8, 4) is 16.9 Å². The van der Waals surface area contributed by atoms with Crippen LogP contribution in [0.3, 0.4) is 0 Å². The van der Waals surface area contributed by atoms with E-state index < -0.39 is 11.7 Å². The molecule has 172 valence electrons. The molecule has 1 saturated carbocycles. The van der Waals surface area contributed by atoms with Gasteiger partial charge in [-0.15, -0.1) is 5.10 Å². The second-order valence-corrected chi connectivity index (χ2v) is 9.10. The predicted octanol–water partition coefficient (Wildman–Crippen LogP) is 3.18. The van der Waals surface area contributed by atoms with Crippen LogP contribution in [0.15, 0.2) is 36.8 Å². The highest BCUT2D eigenvalue weighted by molar-refractivity contribution is 5.95. The zero-order valence-corrected chi connectivity index (χ0v) is 18.9. The monoisotopic (exact) mass is 449 g/mol. The number of hydrogen-bond donors (Lipinski definition) is 2. The third-order valence-corrected chi connectivity index (χ3v) is 6.31. The number of carbonyl (C=O) groups excluding carboxylic acids is 1. The maximum Gasteiger partial charge on any atom is 0.254 e. The number of nitrogens with zero attached hydrogens (tertiary/aromatic N) is 5. The molecule has 8 nitrogen and oxygen atoms in total. The number of carbonyl (C=O) groups is 1. The van der Waals surface area contributed by atoms with E-state index in [1.165, 1.54) is 12.1 Å². The van der Waals surface area contributed by atoms with E-state index in [4.69, 9.17) is 0 Å². The standard InChI is InChI=1S/C24H28FN7O/c1-15-9-21(25)20(24(33)28-17-3-4-17)11-23(15)32-14-22(29-30-32)16-10-19(13-26-12-16)27-18-5-7-31(2)8-6-18/h9-14,17-18,27H,3-8H2,1-2H3,(H,28,33). The third kappa shape index (κ3) is 4.88. The third-order valence-electron chi connectivity index (χ3n) is 6.31. The summed E-state index contributed by atoms with van der Waals surface area (Å²) in [7, 11) is 2.15. The molecule has 0 atom stereocenters. The molecular formula is C24H28FN7O. The summed E-state index contributed by atoms with van der Waals surface area (Å²) in [5.41, 5.74) is 3.75. The number of benzene rings is 1. The van der Waals surface area contributed by atoms with Gasteiger partial charge in [-0.05, 0) is 76.5 Å². The number of halogens is 1. The fraction of sp³-hybridized carbons (Fsp3) is 0.417. The second-order valence-electron chi connectivity index (χ2n) is 9.10. The Hall–Kier alpha value is -3.33. The van der Waals surface area contributed by atoms with E-state index in [9.17, 15) is 9.18 Å². The molecule has 2 N–H and O–H groups in total. The first kappa shape index (κ1) is 21.5. The van der Waals surface area contributed by atoms with Gasteiger partial charge in [0.2, 0.25) is 0 Å². The molecule has 1 amide bonds. The van der Waals surface area contributed by atoms with Crippen LogP contribution in [0.2, 0.25) is 0 Å². The first-order valence-electron chi connectivity index (χ1n) is 11.4. The molecule has 1 aliphatic carbocycles. The largest absolute Gasteiger partial charge is 0.381 e. The van der Waals surface area contributed by atoms with Gasteiger partial charge in [0.1, 0.15) is 11.5 Å². The summed E-state index contributed by atoms with van der Waals surface area (Å²) in [5, 5.41) is 15.0. The zero-order valence-electron chi connectivity index (χ0n) is 18.9. The summed E-state index contributed by atoms with van der Waals surface area (Å²) in [6.45, 7) is 3.95. The molecule has 0 radical (unpaired) electrons. The van der Waals surface area contributed by atoms with Crippen molar-refractivity contribution in [1.82, 2.24) is 30.2 Å². The zero-order chi connectivity index (χ0) is 22.9. The Morgan fingerprint density at radius 3 is 2.64 bits per heavy atom. The molecule has 5 rings (SSSR count). The van der Waals surface area contributed by atoms with Crippen LogP contribution in [-0.2, 0) is 0 Å². The van der Waals surface area contributed by atoms with E-state index in [0.717, 1.165) is 50.0 Å². The number of pyridine rings is 1. The Labute approximate surface area is 192 Å². The highest BCUT2D eigenvalue weighted by atomic mass is 19.1. The van der Waals surface area contributed by atoms with Gasteiger partial charge in [0.15, 0.2) is 0 Å². The Kier molecular flexibility index (Phi) is 5.80. The number of hydrogen-bond acceptors (Lipinski definition) is 6. The van der Waals surface area contributed by atoms with Crippen molar-refractivity contribution in [2.75, 3.05) is 25.5 Å². The quantitative estimate of drug-likeness (QED) is 0.601. The number of nitrogens with one attached hydrogen (secondary N) is 2. The summed E-state index contributed by atoms with van der Waals surface area (Å²) in [6.07, 6.45) is 9.42. The molecule has 9 heteroatoms. The van der Waals surface area contributed by atoms with Crippen molar-refractivity contribution in [2.24, 2.45) is 0 Å². The molecule has 3 aromatic rings. The molecule has 0 spiro atoms. The van der Waals surface area contributed by atoms with Gasteiger partial charge in [0.25, 0.3) is 5.91 Å². The lowest BCUT2D eigenvalue weighted by atomic mass is 10.1. The highest BCUT2D eigenvalue weighted by Crippen LogP contribution is 2.25. The van der Waals surface area contributed by atoms with E-state index in [-0.39, 0.29) is 11.6 Å². The van der Waals surface area contributed by atoms with E-state index >= 15 is 0 Å². The summed E-state index contributed by atoms with van der Waals surface area (Å²) < 4.78 is 16.1. The van der Waals surface area contributed by atoms with Crippen molar-refractivity contribution in [3.63, 3.8) is 0 Å². The van der Waals surface area contributed by atoms with E-state index in [2.05, 4.69) is 37.9 Å². The van der Waals surface area contributed by atoms with Crippen LogP contribution in [0, 0.1) is 12.7 Å². The fourth-order valence-corrected chi connectivity index (χ4v) is 4.13. The van der Waals surface area contributed by atoms with Crippen LogP contribution < -0.4 is 10.6 Å². The fourth-order valence-electron chi connectivity index (χ4n) is 4.13. The molecule has 1 aliphatic heterocycles. The minimum atomic E-state index is -0.536. The van der Waals surface area contributed by atoms with Crippen molar-refractivity contribution < 1.29 is 9.18 Å². The van der Waals surface area contributed by atoms with E-state index in [0.29, 0.717) is 23.0 Å². The predicted molar refractivity (Wildman–Crippen MR) is 124 cm³/mol. The van der Waals surface area contributed by atoms with Crippen LogP contribution in [0.4, 0.5) is 10.1 Å². The molecule has 0 unspecified atom stereocenters. The lowest BCUT2D eigenvalue weighted by Gasteiger charge is -2.30. The SMILES string of the molecule is Cc1cc(F)c(C(=O)NC2CC2)cc1-n1cc(-c2cncc(NC3CCN(C)CC3)c2)nn1. The number of aromatic nitrogens is 4. The van der Waals surface area contributed by atoms with Gasteiger partial charge in [-0.3, -0.25) is 9.78 Å². The highest BCUT2D eigenvalue weighted by Gasteiger charge is 2.26. The minimum Gasteiger partial charge on any atom is -0.381 e. The number of likely N-dealkylation sites (tertiary alicyclic amines) is 1. The average Bonchev–Trinajstić information content (AvgIpc) is 3.47. The number of rotatable bonds is 6. The van der Waals surface area contributed by atoms with Crippen molar-refractivity contribution in [2.45, 2.75) is 44.7 Å². The number of amides is 1. The number of anilines is 1. The Morgan fingerprint density at radius 1 is 1.09 bits per heavy atom. The summed E-state index contributed by atoms with van der Waals surface area (Å²) in [5.74, 6) is -0.930. The molecule has 2 fully saturated rings. The van der Waals surface area contributed by atoms with Gasteiger partial charge >= 0.3 is 0 Å². The van der Waals surface area contributed by atoms with Crippen LogP contribution >= 0.6 is 0 Å². The van der Waals surface area contributed by atoms with Crippen LogP contribution in [0.1, 0.15) is 41.6 Å². The van der Waals surface area contributed by atoms with Crippen LogP contribution in [-0.4, -0.2) is 63.0 Å². The first-order valence-corrected chi connectivity index (χ1v) is 11.4. The molecular weight excluding hydrogens is 421 g/mol. The van der Waals surface area contributed by atoms with Gasteiger partial charge in [-0.25, -0.2) is 9.07 Å². The molecule has 33 heavy (non-hydrogen) atoms. The Bertz CT molecular complexity index is 1170. The lowest BCUT2D eigenvalue weighted by Crippen LogP contribution is -2.36. The molecule has 0 bridgehead atoms. The van der Waals surface area contributed by atoms with Gasteiger partial charge in [0.05, 0.1) is 23.1 Å². The summed E-state index contributed by atoms with van der Waals surface area (Å²) in [4.78, 5) is 19.1. The maximum atomic E-state index is 14.5. The van der Waals surface area contributed by atoms with Crippen molar-refractivity contribution in [3.05, 3.63) is 53.7 Å². The minimum absolute atomic E-state index is 0.0190. The molecule has 2 aromatic heterocycles. The lowest BCUT2D eigenvalue weighted by molar-refractivity contribution is 0.0947. The van der Waals surface area contributed by atoms with Crippen LogP contribution in [0.5, 0.6) is 0 Å². The normalized spacial score (nSPS) is 17.2. The summed E-state index contributed by atoms with van der Waals surface area (Å²) in [6, 6.07) is 5.51. The smallest absolute Gasteiger partial charge is 0.254 e.